The average Bonchev–Trinajstić information content (AvgIpc) is 2.92. The molecule has 25 heavy (non-hydrogen) atoms. The summed E-state index contributed by atoms with van der Waals surface area (Å²) in [5, 5.41) is 27.0. The molecule has 2 saturated carbocycles. The minimum Gasteiger partial charge on any atom is -0.508 e. The van der Waals surface area contributed by atoms with Crippen molar-refractivity contribution in [3.63, 3.8) is 0 Å². The smallest absolute Gasteiger partial charge is 0.115 e. The third kappa shape index (κ3) is 3.73. The summed E-state index contributed by atoms with van der Waals surface area (Å²) in [7, 11) is 1.00. The Bertz CT molecular complexity index is 556. The zero-order chi connectivity index (χ0) is 18.6. The van der Waals surface area contributed by atoms with Crippen LogP contribution in [0.1, 0.15) is 76.3 Å². The summed E-state index contributed by atoms with van der Waals surface area (Å²) < 4.78 is 0. The quantitative estimate of drug-likeness (QED) is 0.640. The maximum absolute atomic E-state index is 10.4. The van der Waals surface area contributed by atoms with Gasteiger partial charge in [-0.3, -0.25) is 0 Å². The van der Waals surface area contributed by atoms with Crippen molar-refractivity contribution in [1.82, 2.24) is 0 Å². The van der Waals surface area contributed by atoms with Gasteiger partial charge in [0, 0.05) is 7.11 Å². The molecule has 4 rings (SSSR count). The zero-order valence-corrected chi connectivity index (χ0v) is 16.3. The maximum atomic E-state index is 10.4. The predicted octanol–water partition coefficient (Wildman–Crippen LogP) is 4.63. The number of aliphatic hydroxyl groups excluding tert-OH is 2. The molecule has 0 aromatic heterocycles. The number of hydrogen-bond donors (Lipinski definition) is 3. The Balaban J connectivity index is 0.000000410. The van der Waals surface area contributed by atoms with Crippen molar-refractivity contribution in [3.05, 3.63) is 29.3 Å². The molecule has 5 atom stereocenters. The molecule has 0 radical (unpaired) electrons. The molecule has 142 valence electrons. The number of benzene rings is 1. The molecule has 3 heteroatoms. The molecule has 3 N–H and O–H groups in total. The summed E-state index contributed by atoms with van der Waals surface area (Å²) in [6.45, 7) is 6.57. The normalized spacial score (nSPS) is 35.1. The van der Waals surface area contributed by atoms with Crippen LogP contribution < -0.4 is 0 Å². The van der Waals surface area contributed by atoms with Gasteiger partial charge in [-0.1, -0.05) is 33.3 Å². The van der Waals surface area contributed by atoms with Crippen molar-refractivity contribution in [2.24, 2.45) is 17.3 Å². The van der Waals surface area contributed by atoms with Gasteiger partial charge in [0.05, 0.1) is 6.10 Å². The number of phenolic OH excluding ortho intramolecular Hbond substituents is 1. The molecule has 0 amide bonds. The van der Waals surface area contributed by atoms with Gasteiger partial charge in [-0.15, -0.1) is 0 Å². The van der Waals surface area contributed by atoms with E-state index in [4.69, 9.17) is 5.11 Å². The number of aryl methyl sites for hydroxylation is 1. The summed E-state index contributed by atoms with van der Waals surface area (Å²) in [5.41, 5.74) is 2.99. The fourth-order valence-electron chi connectivity index (χ4n) is 5.54. The lowest BCUT2D eigenvalue weighted by Gasteiger charge is -2.50. The second kappa shape index (κ2) is 8.55. The molecule has 1 aromatic rings. The Morgan fingerprint density at radius 2 is 1.76 bits per heavy atom. The van der Waals surface area contributed by atoms with E-state index in [1.165, 1.54) is 36.8 Å². The molecule has 0 aliphatic heterocycles. The van der Waals surface area contributed by atoms with E-state index in [-0.39, 0.29) is 11.5 Å². The van der Waals surface area contributed by atoms with Gasteiger partial charge < -0.3 is 15.3 Å². The number of hydrogen-bond acceptors (Lipinski definition) is 3. The molecule has 3 aliphatic carbocycles. The first kappa shape index (κ1) is 20.3. The van der Waals surface area contributed by atoms with Crippen LogP contribution >= 0.6 is 0 Å². The molecule has 0 spiro atoms. The summed E-state index contributed by atoms with van der Waals surface area (Å²) in [5.74, 6) is 2.49. The van der Waals surface area contributed by atoms with Crippen LogP contribution in [0, 0.1) is 17.3 Å². The van der Waals surface area contributed by atoms with Gasteiger partial charge in [-0.05, 0) is 85.0 Å². The predicted molar refractivity (Wildman–Crippen MR) is 103 cm³/mol. The van der Waals surface area contributed by atoms with E-state index in [0.717, 1.165) is 32.3 Å². The van der Waals surface area contributed by atoms with Crippen LogP contribution in [-0.2, 0) is 6.42 Å². The highest BCUT2D eigenvalue weighted by atomic mass is 16.3. The van der Waals surface area contributed by atoms with E-state index in [9.17, 15) is 10.2 Å². The largest absolute Gasteiger partial charge is 0.508 e. The lowest BCUT2D eigenvalue weighted by molar-refractivity contribution is -0.0226. The summed E-state index contributed by atoms with van der Waals surface area (Å²) >= 11 is 0. The lowest BCUT2D eigenvalue weighted by atomic mass is 9.55. The van der Waals surface area contributed by atoms with E-state index in [0.29, 0.717) is 17.6 Å². The SMILES string of the molecule is CC12CCC3c4ccc(O)cc4CCC3C1CCC2O.CCC.CO. The van der Waals surface area contributed by atoms with Crippen molar-refractivity contribution < 1.29 is 15.3 Å². The first-order valence-corrected chi connectivity index (χ1v) is 9.95. The lowest BCUT2D eigenvalue weighted by Crippen LogP contribution is -2.43. The molecule has 5 unspecified atom stereocenters. The minimum atomic E-state index is -0.0883. The van der Waals surface area contributed by atoms with Gasteiger partial charge in [0.25, 0.3) is 0 Å². The minimum absolute atomic E-state index is 0.0883. The van der Waals surface area contributed by atoms with Crippen LogP contribution in [0.3, 0.4) is 0 Å². The number of fused-ring (bicyclic) bond motifs is 5. The van der Waals surface area contributed by atoms with Gasteiger partial charge in [-0.25, -0.2) is 0 Å². The van der Waals surface area contributed by atoms with Crippen LogP contribution in [0.25, 0.3) is 0 Å². The Morgan fingerprint density at radius 1 is 1.08 bits per heavy atom. The zero-order valence-electron chi connectivity index (χ0n) is 16.3. The monoisotopic (exact) mass is 348 g/mol. The Labute approximate surface area is 153 Å². The Kier molecular flexibility index (Phi) is 6.93. The van der Waals surface area contributed by atoms with Gasteiger partial charge in [-0.2, -0.15) is 0 Å². The molecular weight excluding hydrogens is 312 g/mol. The van der Waals surface area contributed by atoms with E-state index in [1.54, 1.807) is 0 Å². The summed E-state index contributed by atoms with van der Waals surface area (Å²) in [4.78, 5) is 0. The van der Waals surface area contributed by atoms with E-state index < -0.39 is 0 Å². The van der Waals surface area contributed by atoms with Crippen LogP contribution in [0.15, 0.2) is 18.2 Å². The van der Waals surface area contributed by atoms with Crippen molar-refractivity contribution >= 4 is 0 Å². The van der Waals surface area contributed by atoms with E-state index in [1.807, 2.05) is 12.1 Å². The van der Waals surface area contributed by atoms with Crippen molar-refractivity contribution in [2.45, 2.75) is 77.7 Å². The highest BCUT2D eigenvalue weighted by molar-refractivity contribution is 5.40. The average molecular weight is 349 g/mol. The second-order valence-electron chi connectivity index (χ2n) is 8.14. The molecule has 2 fully saturated rings. The highest BCUT2D eigenvalue weighted by Crippen LogP contribution is 2.60. The van der Waals surface area contributed by atoms with Gasteiger partial charge in [0.1, 0.15) is 5.75 Å². The molecule has 0 bridgehead atoms. The third-order valence-electron chi connectivity index (χ3n) is 6.66. The fraction of sp³-hybridized carbons (Fsp3) is 0.727. The van der Waals surface area contributed by atoms with Crippen molar-refractivity contribution in [2.75, 3.05) is 7.11 Å². The second-order valence-corrected chi connectivity index (χ2v) is 8.14. The van der Waals surface area contributed by atoms with E-state index in [2.05, 4.69) is 26.8 Å². The third-order valence-corrected chi connectivity index (χ3v) is 6.66. The molecule has 1 aromatic carbocycles. The highest BCUT2D eigenvalue weighted by Gasteiger charge is 2.54. The molecule has 0 saturated heterocycles. The topological polar surface area (TPSA) is 60.7 Å². The van der Waals surface area contributed by atoms with Crippen LogP contribution in [0.5, 0.6) is 5.75 Å². The Morgan fingerprint density at radius 3 is 2.44 bits per heavy atom. The Hall–Kier alpha value is -1.06. The van der Waals surface area contributed by atoms with Crippen molar-refractivity contribution in [3.8, 4) is 5.75 Å². The number of aliphatic hydroxyl groups is 2. The standard InChI is InChI=1S/C18H24O2.C3H8.CH4O/c1-18-9-8-14-13-5-3-12(19)10-11(13)2-4-15(14)16(18)6-7-17(18)20;1-3-2;1-2/h3,5,10,14-17,19-20H,2,4,6-9H2,1H3;3H2,1-2H3;2H,1H3. The van der Waals surface area contributed by atoms with Gasteiger partial charge in [0.15, 0.2) is 0 Å². The first-order chi connectivity index (χ1) is 12.0. The van der Waals surface area contributed by atoms with Crippen LogP contribution in [0.4, 0.5) is 0 Å². The molecule has 0 heterocycles. The maximum Gasteiger partial charge on any atom is 0.115 e. The van der Waals surface area contributed by atoms with Gasteiger partial charge in [0.2, 0.25) is 0 Å². The van der Waals surface area contributed by atoms with Crippen LogP contribution in [0.2, 0.25) is 0 Å². The van der Waals surface area contributed by atoms with Crippen molar-refractivity contribution in [1.29, 1.82) is 0 Å². The number of phenols is 1. The molecule has 3 nitrogen and oxygen atoms in total. The number of rotatable bonds is 0. The molecular formula is C22H36O3. The summed E-state index contributed by atoms with van der Waals surface area (Å²) in [6, 6.07) is 5.96. The molecule has 3 aliphatic rings. The first-order valence-electron chi connectivity index (χ1n) is 9.95. The van der Waals surface area contributed by atoms with E-state index >= 15 is 0 Å². The number of aromatic hydroxyl groups is 1. The van der Waals surface area contributed by atoms with Gasteiger partial charge >= 0.3 is 0 Å². The fourth-order valence-corrected chi connectivity index (χ4v) is 5.54. The summed E-state index contributed by atoms with van der Waals surface area (Å²) in [6.07, 6.45) is 8.03. The van der Waals surface area contributed by atoms with Crippen LogP contribution in [-0.4, -0.2) is 28.5 Å².